The van der Waals surface area contributed by atoms with Crippen molar-refractivity contribution < 1.29 is 14.3 Å². The minimum Gasteiger partial charge on any atom is -0.452 e. The molecule has 0 heterocycles. The standard InChI is InChI=1S/C14H19BrN2O3/c1-9(2)5-6-17-13(18)8-20-14(19)11-7-10(16)3-4-12(11)15/h3-4,7,9H,5-6,8,16H2,1-2H3,(H,17,18). The Kier molecular flexibility index (Phi) is 6.51. The minimum atomic E-state index is -0.580. The van der Waals surface area contributed by atoms with Crippen LogP contribution in [0.1, 0.15) is 30.6 Å². The van der Waals surface area contributed by atoms with Crippen LogP contribution >= 0.6 is 15.9 Å². The number of benzene rings is 1. The molecule has 1 aromatic rings. The maximum absolute atomic E-state index is 11.8. The van der Waals surface area contributed by atoms with Gasteiger partial charge in [-0.05, 0) is 46.5 Å². The van der Waals surface area contributed by atoms with Gasteiger partial charge in [0.25, 0.3) is 5.91 Å². The number of nitrogens with two attached hydrogens (primary N) is 1. The predicted octanol–water partition coefficient (Wildman–Crippen LogP) is 2.35. The van der Waals surface area contributed by atoms with Crippen molar-refractivity contribution in [2.45, 2.75) is 20.3 Å². The van der Waals surface area contributed by atoms with E-state index in [0.717, 1.165) is 6.42 Å². The first-order valence-electron chi connectivity index (χ1n) is 6.39. The van der Waals surface area contributed by atoms with Crippen molar-refractivity contribution in [3.8, 4) is 0 Å². The summed E-state index contributed by atoms with van der Waals surface area (Å²) >= 11 is 3.24. The smallest absolute Gasteiger partial charge is 0.339 e. The summed E-state index contributed by atoms with van der Waals surface area (Å²) in [6.45, 7) is 4.43. The third-order valence-corrected chi connectivity index (χ3v) is 3.28. The molecule has 0 saturated heterocycles. The van der Waals surface area contributed by atoms with Crippen molar-refractivity contribution in [1.29, 1.82) is 0 Å². The van der Waals surface area contributed by atoms with Crippen LogP contribution in [0.5, 0.6) is 0 Å². The van der Waals surface area contributed by atoms with Gasteiger partial charge in [-0.1, -0.05) is 13.8 Å². The van der Waals surface area contributed by atoms with E-state index in [1.165, 1.54) is 6.07 Å². The van der Waals surface area contributed by atoms with E-state index in [0.29, 0.717) is 28.2 Å². The highest BCUT2D eigenvalue weighted by Gasteiger charge is 2.13. The van der Waals surface area contributed by atoms with E-state index in [1.807, 2.05) is 0 Å². The minimum absolute atomic E-state index is 0.293. The molecule has 5 nitrogen and oxygen atoms in total. The molecule has 1 rings (SSSR count). The Bertz CT molecular complexity index is 489. The molecule has 0 unspecified atom stereocenters. The highest BCUT2D eigenvalue weighted by Crippen LogP contribution is 2.20. The number of anilines is 1. The van der Waals surface area contributed by atoms with Crippen LogP contribution in [-0.4, -0.2) is 25.0 Å². The second-order valence-corrected chi connectivity index (χ2v) is 5.70. The first kappa shape index (κ1) is 16.5. The van der Waals surface area contributed by atoms with E-state index >= 15 is 0 Å². The van der Waals surface area contributed by atoms with Gasteiger partial charge in [0.2, 0.25) is 0 Å². The molecule has 0 radical (unpaired) electrons. The number of carbonyl (C=O) groups excluding carboxylic acids is 2. The highest BCUT2D eigenvalue weighted by molar-refractivity contribution is 9.10. The van der Waals surface area contributed by atoms with Gasteiger partial charge in [0, 0.05) is 16.7 Å². The zero-order valence-corrected chi connectivity index (χ0v) is 13.2. The summed E-state index contributed by atoms with van der Waals surface area (Å²) in [7, 11) is 0. The molecule has 3 N–H and O–H groups in total. The summed E-state index contributed by atoms with van der Waals surface area (Å²) in [5.74, 6) is -0.372. The number of nitrogens with one attached hydrogen (secondary N) is 1. The molecule has 0 bridgehead atoms. The van der Waals surface area contributed by atoms with Gasteiger partial charge in [-0.2, -0.15) is 0 Å². The fourth-order valence-electron chi connectivity index (χ4n) is 1.46. The number of rotatable bonds is 6. The van der Waals surface area contributed by atoms with Crippen LogP contribution in [0.4, 0.5) is 5.69 Å². The quantitative estimate of drug-likeness (QED) is 0.614. The summed E-state index contributed by atoms with van der Waals surface area (Å²) in [5.41, 5.74) is 6.37. The zero-order chi connectivity index (χ0) is 15.1. The topological polar surface area (TPSA) is 81.4 Å². The lowest BCUT2D eigenvalue weighted by Gasteiger charge is -2.09. The fourth-order valence-corrected chi connectivity index (χ4v) is 1.87. The van der Waals surface area contributed by atoms with E-state index in [1.54, 1.807) is 12.1 Å². The molecule has 0 aliphatic carbocycles. The Morgan fingerprint density at radius 1 is 1.40 bits per heavy atom. The van der Waals surface area contributed by atoms with E-state index in [4.69, 9.17) is 10.5 Å². The lowest BCUT2D eigenvalue weighted by atomic mass is 10.1. The van der Waals surface area contributed by atoms with Gasteiger partial charge in [-0.25, -0.2) is 4.79 Å². The normalized spacial score (nSPS) is 10.4. The van der Waals surface area contributed by atoms with E-state index in [9.17, 15) is 9.59 Å². The number of amides is 1. The third kappa shape index (κ3) is 5.61. The largest absolute Gasteiger partial charge is 0.452 e. The molecule has 6 heteroatoms. The lowest BCUT2D eigenvalue weighted by molar-refractivity contribution is -0.124. The molecule has 0 aromatic heterocycles. The molecule has 1 amide bonds. The number of carbonyl (C=O) groups is 2. The number of hydrogen-bond donors (Lipinski definition) is 2. The summed E-state index contributed by atoms with van der Waals surface area (Å²) in [4.78, 5) is 23.3. The van der Waals surface area contributed by atoms with Gasteiger partial charge in [-0.3, -0.25) is 4.79 Å². The van der Waals surface area contributed by atoms with Gasteiger partial charge in [0.05, 0.1) is 5.56 Å². The van der Waals surface area contributed by atoms with Gasteiger partial charge >= 0.3 is 5.97 Å². The Morgan fingerprint density at radius 3 is 2.75 bits per heavy atom. The number of hydrogen-bond acceptors (Lipinski definition) is 4. The summed E-state index contributed by atoms with van der Waals surface area (Å²) < 4.78 is 5.53. The molecule has 0 aliphatic heterocycles. The number of esters is 1. The summed E-state index contributed by atoms with van der Waals surface area (Å²) in [5, 5.41) is 2.69. The maximum atomic E-state index is 11.8. The van der Waals surface area contributed by atoms with Crippen LogP contribution < -0.4 is 11.1 Å². The van der Waals surface area contributed by atoms with Crippen LogP contribution in [-0.2, 0) is 9.53 Å². The number of halogens is 1. The number of ether oxygens (including phenoxy) is 1. The van der Waals surface area contributed by atoms with Crippen molar-refractivity contribution in [2.24, 2.45) is 5.92 Å². The summed E-state index contributed by atoms with van der Waals surface area (Å²) in [6.07, 6.45) is 0.889. The molecule has 1 aromatic carbocycles. The maximum Gasteiger partial charge on any atom is 0.339 e. The Labute approximate surface area is 127 Å². The second kappa shape index (κ2) is 7.89. The van der Waals surface area contributed by atoms with Crippen molar-refractivity contribution in [3.05, 3.63) is 28.2 Å². The Balaban J connectivity index is 2.43. The average Bonchev–Trinajstić information content (AvgIpc) is 2.38. The molecular formula is C14H19BrN2O3. The zero-order valence-electron chi connectivity index (χ0n) is 11.6. The molecule has 0 aliphatic rings. The average molecular weight is 343 g/mol. The molecule has 0 atom stereocenters. The molecule has 0 spiro atoms. The second-order valence-electron chi connectivity index (χ2n) is 4.85. The Morgan fingerprint density at radius 2 is 2.10 bits per heavy atom. The highest BCUT2D eigenvalue weighted by atomic mass is 79.9. The third-order valence-electron chi connectivity index (χ3n) is 2.59. The molecule has 0 saturated carbocycles. The lowest BCUT2D eigenvalue weighted by Crippen LogP contribution is -2.30. The Hall–Kier alpha value is -1.56. The molecule has 0 fully saturated rings. The van der Waals surface area contributed by atoms with E-state index in [-0.39, 0.29) is 12.5 Å². The van der Waals surface area contributed by atoms with Crippen LogP contribution in [0.3, 0.4) is 0 Å². The van der Waals surface area contributed by atoms with Gasteiger partial charge in [0.1, 0.15) is 0 Å². The van der Waals surface area contributed by atoms with Crippen LogP contribution in [0.15, 0.2) is 22.7 Å². The predicted molar refractivity (Wildman–Crippen MR) is 81.3 cm³/mol. The van der Waals surface area contributed by atoms with Gasteiger partial charge in [-0.15, -0.1) is 0 Å². The molecule has 110 valence electrons. The van der Waals surface area contributed by atoms with E-state index in [2.05, 4.69) is 35.1 Å². The molecular weight excluding hydrogens is 324 g/mol. The number of nitrogen functional groups attached to an aromatic ring is 1. The SMILES string of the molecule is CC(C)CCNC(=O)COC(=O)c1cc(N)ccc1Br. The molecule has 20 heavy (non-hydrogen) atoms. The van der Waals surface area contributed by atoms with Gasteiger partial charge in [0.15, 0.2) is 6.61 Å². The van der Waals surface area contributed by atoms with Gasteiger partial charge < -0.3 is 15.8 Å². The van der Waals surface area contributed by atoms with Crippen molar-refractivity contribution >= 4 is 33.5 Å². The van der Waals surface area contributed by atoms with Crippen molar-refractivity contribution in [2.75, 3.05) is 18.9 Å². The van der Waals surface area contributed by atoms with E-state index < -0.39 is 5.97 Å². The first-order chi connectivity index (χ1) is 9.40. The van der Waals surface area contributed by atoms with Crippen molar-refractivity contribution in [3.63, 3.8) is 0 Å². The van der Waals surface area contributed by atoms with Crippen molar-refractivity contribution in [1.82, 2.24) is 5.32 Å². The monoisotopic (exact) mass is 342 g/mol. The van der Waals surface area contributed by atoms with Crippen LogP contribution in [0, 0.1) is 5.92 Å². The summed E-state index contributed by atoms with van der Waals surface area (Å²) in [6, 6.07) is 4.83. The first-order valence-corrected chi connectivity index (χ1v) is 7.18. The fraction of sp³-hybridized carbons (Fsp3) is 0.429. The van der Waals surface area contributed by atoms with Crippen LogP contribution in [0.2, 0.25) is 0 Å². The van der Waals surface area contributed by atoms with Crippen LogP contribution in [0.25, 0.3) is 0 Å².